The Morgan fingerprint density at radius 3 is 2.84 bits per heavy atom. The van der Waals surface area contributed by atoms with Crippen molar-refractivity contribution in [2.75, 3.05) is 11.9 Å². The molecular weight excluding hydrogens is 408 g/mol. The zero-order chi connectivity index (χ0) is 22.5. The van der Waals surface area contributed by atoms with Crippen LogP contribution in [0.3, 0.4) is 0 Å². The van der Waals surface area contributed by atoms with E-state index in [9.17, 15) is 14.7 Å². The Labute approximate surface area is 186 Å². The maximum Gasteiger partial charge on any atom is 0.320 e. The Bertz CT molecular complexity index is 1080. The molecule has 1 saturated carbocycles. The van der Waals surface area contributed by atoms with Gasteiger partial charge in [0.05, 0.1) is 23.0 Å². The topological polar surface area (TPSA) is 132 Å². The Morgan fingerprint density at radius 1 is 1.25 bits per heavy atom. The fourth-order valence-corrected chi connectivity index (χ4v) is 4.10. The average Bonchev–Trinajstić information content (AvgIpc) is 3.21. The summed E-state index contributed by atoms with van der Waals surface area (Å²) in [5.41, 5.74) is 1.86. The summed E-state index contributed by atoms with van der Waals surface area (Å²) in [6.07, 6.45) is 4.77. The number of H-pyrrole nitrogens is 1. The van der Waals surface area contributed by atoms with Crippen LogP contribution in [-0.2, 0) is 0 Å². The Hall–Kier alpha value is -3.46. The Morgan fingerprint density at radius 2 is 2.06 bits per heavy atom. The molecule has 2 unspecified atom stereocenters. The lowest BCUT2D eigenvalue weighted by Gasteiger charge is -2.25. The molecule has 2 aromatic heterocycles. The zero-order valence-corrected chi connectivity index (χ0v) is 18.0. The van der Waals surface area contributed by atoms with Gasteiger partial charge >= 0.3 is 6.03 Å². The molecule has 1 aliphatic rings. The van der Waals surface area contributed by atoms with Crippen molar-refractivity contribution in [3.8, 4) is 0 Å². The van der Waals surface area contributed by atoms with E-state index in [1.165, 1.54) is 6.20 Å². The van der Waals surface area contributed by atoms with Crippen molar-refractivity contribution < 1.29 is 14.7 Å². The SMILES string of the molecule is C[C@@H](NC(=O)Nc1cc2[nH]nc(C(=O)NCC3CCCC(O)C3)c2cn1)c1ccccc1. The van der Waals surface area contributed by atoms with Gasteiger partial charge in [-0.05, 0) is 37.7 Å². The highest BCUT2D eigenvalue weighted by Crippen LogP contribution is 2.24. The summed E-state index contributed by atoms with van der Waals surface area (Å²) in [6.45, 7) is 2.41. The molecule has 9 heteroatoms. The molecule has 3 amide bonds. The number of urea groups is 1. The summed E-state index contributed by atoms with van der Waals surface area (Å²) in [4.78, 5) is 29.2. The molecule has 2 heterocycles. The Balaban J connectivity index is 1.35. The molecular formula is C23H28N6O3. The van der Waals surface area contributed by atoms with Gasteiger partial charge in [0, 0.05) is 18.8 Å². The van der Waals surface area contributed by atoms with Crippen molar-refractivity contribution in [1.29, 1.82) is 0 Å². The predicted molar refractivity (Wildman–Crippen MR) is 121 cm³/mol. The van der Waals surface area contributed by atoms with E-state index in [0.29, 0.717) is 29.7 Å². The first-order valence-electron chi connectivity index (χ1n) is 10.9. The van der Waals surface area contributed by atoms with E-state index in [1.54, 1.807) is 6.07 Å². The van der Waals surface area contributed by atoms with Crippen molar-refractivity contribution in [2.24, 2.45) is 5.92 Å². The van der Waals surface area contributed by atoms with Crippen LogP contribution in [0, 0.1) is 5.92 Å². The molecule has 0 spiro atoms. The number of nitrogens with zero attached hydrogens (tertiary/aromatic N) is 2. The van der Waals surface area contributed by atoms with E-state index in [2.05, 4.69) is 31.1 Å². The predicted octanol–water partition coefficient (Wildman–Crippen LogP) is 3.12. The first-order valence-corrected chi connectivity index (χ1v) is 10.9. The number of hydrogen-bond acceptors (Lipinski definition) is 5. The number of carbonyl (C=O) groups excluding carboxylic acids is 2. The summed E-state index contributed by atoms with van der Waals surface area (Å²) in [7, 11) is 0. The van der Waals surface area contributed by atoms with Crippen LogP contribution in [0.2, 0.25) is 0 Å². The summed E-state index contributed by atoms with van der Waals surface area (Å²) in [6, 6.07) is 10.8. The number of amides is 3. The van der Waals surface area contributed by atoms with Gasteiger partial charge in [-0.15, -0.1) is 0 Å². The van der Waals surface area contributed by atoms with E-state index in [-0.39, 0.29) is 35.7 Å². The smallest absolute Gasteiger partial charge is 0.320 e. The number of carbonyl (C=O) groups is 2. The number of aliphatic hydroxyl groups excluding tert-OH is 1. The number of fused-ring (bicyclic) bond motifs is 1. The summed E-state index contributed by atoms with van der Waals surface area (Å²) in [5.74, 6) is 0.342. The molecule has 168 valence electrons. The lowest BCUT2D eigenvalue weighted by Crippen LogP contribution is -2.33. The minimum absolute atomic E-state index is 0.160. The second-order valence-corrected chi connectivity index (χ2v) is 8.31. The average molecular weight is 437 g/mol. The number of aromatic amines is 1. The van der Waals surface area contributed by atoms with E-state index in [1.807, 2.05) is 37.3 Å². The van der Waals surface area contributed by atoms with Crippen LogP contribution in [-0.4, -0.2) is 44.9 Å². The van der Waals surface area contributed by atoms with Crippen LogP contribution in [0.1, 0.15) is 54.7 Å². The van der Waals surface area contributed by atoms with Crippen LogP contribution in [0.25, 0.3) is 10.9 Å². The molecule has 3 atom stereocenters. The third-order valence-electron chi connectivity index (χ3n) is 5.86. The second kappa shape index (κ2) is 9.78. The maximum atomic E-state index is 12.6. The minimum atomic E-state index is -0.375. The monoisotopic (exact) mass is 436 g/mol. The first-order chi connectivity index (χ1) is 15.5. The molecule has 1 aromatic carbocycles. The number of rotatable bonds is 6. The van der Waals surface area contributed by atoms with Gasteiger partial charge in [0.15, 0.2) is 5.69 Å². The highest BCUT2D eigenvalue weighted by molar-refractivity contribution is 6.05. The number of pyridine rings is 1. The molecule has 9 nitrogen and oxygen atoms in total. The number of aromatic nitrogens is 3. The molecule has 0 saturated heterocycles. The van der Waals surface area contributed by atoms with Gasteiger partial charge in [0.25, 0.3) is 5.91 Å². The van der Waals surface area contributed by atoms with Crippen molar-refractivity contribution >= 4 is 28.7 Å². The molecule has 4 rings (SSSR count). The minimum Gasteiger partial charge on any atom is -0.393 e. The van der Waals surface area contributed by atoms with Gasteiger partial charge in [-0.1, -0.05) is 36.8 Å². The lowest BCUT2D eigenvalue weighted by atomic mass is 9.87. The first kappa shape index (κ1) is 21.8. The standard InChI is InChI=1S/C23H28N6O3/c1-14(16-7-3-2-4-8-16)26-23(32)27-20-11-19-18(13-24-20)21(29-28-19)22(31)25-12-15-6-5-9-17(30)10-15/h2-4,7-8,11,13-15,17,30H,5-6,9-10,12H2,1H3,(H,25,31)(H,28,29)(H2,24,26,27,32)/t14-,15?,17?/m1/s1. The fourth-order valence-electron chi connectivity index (χ4n) is 4.10. The summed E-state index contributed by atoms with van der Waals surface area (Å²) >= 11 is 0. The molecule has 5 N–H and O–H groups in total. The van der Waals surface area contributed by atoms with Gasteiger partial charge in [-0.2, -0.15) is 5.10 Å². The van der Waals surface area contributed by atoms with Crippen LogP contribution < -0.4 is 16.0 Å². The fraction of sp³-hybridized carbons (Fsp3) is 0.391. The molecule has 0 radical (unpaired) electrons. The molecule has 0 bridgehead atoms. The van der Waals surface area contributed by atoms with Gasteiger partial charge in [-0.3, -0.25) is 15.2 Å². The molecule has 1 aliphatic carbocycles. The maximum absolute atomic E-state index is 12.6. The van der Waals surface area contributed by atoms with Crippen LogP contribution in [0.15, 0.2) is 42.6 Å². The highest BCUT2D eigenvalue weighted by Gasteiger charge is 2.22. The molecule has 0 aliphatic heterocycles. The normalized spacial score (nSPS) is 19.3. The van der Waals surface area contributed by atoms with Crippen LogP contribution in [0.4, 0.5) is 10.6 Å². The number of benzene rings is 1. The van der Waals surface area contributed by atoms with Crippen molar-refractivity contribution in [3.63, 3.8) is 0 Å². The van der Waals surface area contributed by atoms with Gasteiger partial charge in [-0.25, -0.2) is 9.78 Å². The van der Waals surface area contributed by atoms with Crippen molar-refractivity contribution in [1.82, 2.24) is 25.8 Å². The quantitative estimate of drug-likeness (QED) is 0.405. The van der Waals surface area contributed by atoms with Crippen molar-refractivity contribution in [2.45, 2.75) is 44.8 Å². The van der Waals surface area contributed by atoms with E-state index >= 15 is 0 Å². The molecule has 32 heavy (non-hydrogen) atoms. The molecule has 3 aromatic rings. The zero-order valence-electron chi connectivity index (χ0n) is 18.0. The number of anilines is 1. The highest BCUT2D eigenvalue weighted by atomic mass is 16.3. The lowest BCUT2D eigenvalue weighted by molar-refractivity contribution is 0.0871. The third-order valence-corrected chi connectivity index (χ3v) is 5.86. The van der Waals surface area contributed by atoms with E-state index in [4.69, 9.17) is 0 Å². The second-order valence-electron chi connectivity index (χ2n) is 8.31. The summed E-state index contributed by atoms with van der Waals surface area (Å²) in [5, 5.41) is 25.8. The van der Waals surface area contributed by atoms with E-state index in [0.717, 1.165) is 24.8 Å². The number of hydrogen-bond donors (Lipinski definition) is 5. The number of nitrogens with one attached hydrogen (secondary N) is 4. The van der Waals surface area contributed by atoms with Crippen molar-refractivity contribution in [3.05, 3.63) is 53.9 Å². The largest absolute Gasteiger partial charge is 0.393 e. The van der Waals surface area contributed by atoms with E-state index < -0.39 is 0 Å². The van der Waals surface area contributed by atoms with Gasteiger partial charge in [0.1, 0.15) is 5.82 Å². The Kier molecular flexibility index (Phi) is 6.65. The third kappa shape index (κ3) is 5.23. The summed E-state index contributed by atoms with van der Waals surface area (Å²) < 4.78 is 0. The molecule has 1 fully saturated rings. The van der Waals surface area contributed by atoms with Crippen LogP contribution >= 0.6 is 0 Å². The van der Waals surface area contributed by atoms with Crippen LogP contribution in [0.5, 0.6) is 0 Å². The van der Waals surface area contributed by atoms with Gasteiger partial charge < -0.3 is 15.7 Å². The van der Waals surface area contributed by atoms with Gasteiger partial charge in [0.2, 0.25) is 0 Å². The number of aliphatic hydroxyl groups is 1.